The maximum Gasteiger partial charge on any atom is 0.301 e. The summed E-state index contributed by atoms with van der Waals surface area (Å²) in [5.41, 5.74) is 1.81. The van der Waals surface area contributed by atoms with Crippen molar-refractivity contribution in [1.82, 2.24) is 19.7 Å². The molecule has 0 saturated carbocycles. The zero-order chi connectivity index (χ0) is 16.7. The molecular weight excluding hydrogens is 298 g/mol. The van der Waals surface area contributed by atoms with E-state index in [2.05, 4.69) is 15.4 Å². The van der Waals surface area contributed by atoms with Crippen molar-refractivity contribution in [1.29, 1.82) is 0 Å². The minimum Gasteiger partial charge on any atom is -0.429 e. The maximum absolute atomic E-state index is 12.6. The van der Waals surface area contributed by atoms with Crippen molar-refractivity contribution in [2.45, 2.75) is 26.3 Å². The fraction of sp³-hybridized carbons (Fsp3) is 0.467. The predicted octanol–water partition coefficient (Wildman–Crippen LogP) is 1.18. The Morgan fingerprint density at radius 1 is 1.35 bits per heavy atom. The number of nitrogens with one attached hydrogen (secondary N) is 1. The first-order valence-electron chi connectivity index (χ1n) is 7.36. The van der Waals surface area contributed by atoms with Gasteiger partial charge in [-0.3, -0.25) is 19.6 Å². The van der Waals surface area contributed by atoms with Gasteiger partial charge in [0.2, 0.25) is 11.8 Å². The summed E-state index contributed by atoms with van der Waals surface area (Å²) in [5.74, 6) is -0.248. The van der Waals surface area contributed by atoms with E-state index in [1.807, 2.05) is 14.0 Å². The minimum atomic E-state index is -0.511. The molecule has 2 aromatic rings. The molecule has 0 spiro atoms. The van der Waals surface area contributed by atoms with Crippen LogP contribution in [0.4, 0.5) is 6.01 Å². The molecule has 1 saturated heterocycles. The lowest BCUT2D eigenvalue weighted by atomic mass is 9.93. The Kier molecular flexibility index (Phi) is 3.67. The van der Waals surface area contributed by atoms with Gasteiger partial charge in [-0.2, -0.15) is 5.10 Å². The van der Waals surface area contributed by atoms with E-state index >= 15 is 0 Å². The molecule has 23 heavy (non-hydrogen) atoms. The van der Waals surface area contributed by atoms with E-state index in [-0.39, 0.29) is 30.3 Å². The van der Waals surface area contributed by atoms with Crippen molar-refractivity contribution >= 4 is 17.8 Å². The number of hydrogen-bond acceptors (Lipinski definition) is 5. The summed E-state index contributed by atoms with van der Waals surface area (Å²) in [6, 6.07) is -0.191. The first-order valence-corrected chi connectivity index (χ1v) is 7.36. The van der Waals surface area contributed by atoms with E-state index in [1.165, 1.54) is 6.20 Å². The standard InChI is InChI=1S/C15H19N5O3/c1-8-6-16-15(23-8)18-14(22)10-5-12(21)19(3)13(10)11-7-17-20(4)9(11)2/h6-7,10,13H,5H2,1-4H3,(H,16,18,22)/t10-,13-/m0/s1. The van der Waals surface area contributed by atoms with E-state index in [4.69, 9.17) is 4.42 Å². The molecule has 2 atom stereocenters. The molecule has 8 heteroatoms. The number of rotatable bonds is 3. The zero-order valence-electron chi connectivity index (χ0n) is 13.5. The normalized spacial score (nSPS) is 21.0. The van der Waals surface area contributed by atoms with Crippen molar-refractivity contribution in [3.05, 3.63) is 29.4 Å². The Hall–Kier alpha value is -2.64. The van der Waals surface area contributed by atoms with E-state index in [9.17, 15) is 9.59 Å². The van der Waals surface area contributed by atoms with Gasteiger partial charge in [-0.1, -0.05) is 0 Å². The molecule has 1 aliphatic rings. The van der Waals surface area contributed by atoms with E-state index in [0.29, 0.717) is 5.76 Å². The van der Waals surface area contributed by atoms with E-state index in [0.717, 1.165) is 11.3 Å². The van der Waals surface area contributed by atoms with Gasteiger partial charge in [-0.15, -0.1) is 0 Å². The molecule has 0 aromatic carbocycles. The lowest BCUT2D eigenvalue weighted by molar-refractivity contribution is -0.128. The summed E-state index contributed by atoms with van der Waals surface area (Å²) >= 11 is 0. The van der Waals surface area contributed by atoms with Crippen molar-refractivity contribution in [2.75, 3.05) is 12.4 Å². The second-order valence-corrected chi connectivity index (χ2v) is 5.83. The van der Waals surface area contributed by atoms with Crippen LogP contribution in [0.3, 0.4) is 0 Å². The summed E-state index contributed by atoms with van der Waals surface area (Å²) < 4.78 is 7.01. The Balaban J connectivity index is 1.88. The third-order valence-corrected chi connectivity index (χ3v) is 4.37. The second-order valence-electron chi connectivity index (χ2n) is 5.83. The predicted molar refractivity (Wildman–Crippen MR) is 81.4 cm³/mol. The highest BCUT2D eigenvalue weighted by molar-refractivity contribution is 5.96. The highest BCUT2D eigenvalue weighted by atomic mass is 16.4. The molecular formula is C15H19N5O3. The molecule has 1 fully saturated rings. The summed E-state index contributed by atoms with van der Waals surface area (Å²) in [6.07, 6.45) is 3.40. The molecule has 0 radical (unpaired) electrons. The monoisotopic (exact) mass is 317 g/mol. The van der Waals surface area contributed by atoms with Crippen molar-refractivity contribution in [3.8, 4) is 0 Å². The molecule has 0 aliphatic carbocycles. The first kappa shape index (κ1) is 15.3. The number of oxazole rings is 1. The third-order valence-electron chi connectivity index (χ3n) is 4.37. The van der Waals surface area contributed by atoms with Gasteiger partial charge >= 0.3 is 6.01 Å². The number of aromatic nitrogens is 3. The lowest BCUT2D eigenvalue weighted by Crippen LogP contribution is -2.30. The Morgan fingerprint density at radius 3 is 2.65 bits per heavy atom. The van der Waals surface area contributed by atoms with Gasteiger partial charge < -0.3 is 9.32 Å². The number of amides is 2. The Morgan fingerprint density at radius 2 is 2.09 bits per heavy atom. The Bertz CT molecular complexity index is 763. The van der Waals surface area contributed by atoms with Crippen LogP contribution >= 0.6 is 0 Å². The highest BCUT2D eigenvalue weighted by Gasteiger charge is 2.44. The van der Waals surface area contributed by atoms with Gasteiger partial charge in [0, 0.05) is 31.8 Å². The van der Waals surface area contributed by atoms with E-state index in [1.54, 1.807) is 29.7 Å². The van der Waals surface area contributed by atoms with Gasteiger partial charge in [0.25, 0.3) is 0 Å². The molecule has 1 aliphatic heterocycles. The highest BCUT2D eigenvalue weighted by Crippen LogP contribution is 2.38. The minimum absolute atomic E-state index is 0.0676. The molecule has 8 nitrogen and oxygen atoms in total. The van der Waals surface area contributed by atoms with Crippen molar-refractivity contribution < 1.29 is 14.0 Å². The average molecular weight is 317 g/mol. The maximum atomic E-state index is 12.6. The second kappa shape index (κ2) is 5.53. The first-order chi connectivity index (χ1) is 10.9. The number of hydrogen-bond donors (Lipinski definition) is 1. The largest absolute Gasteiger partial charge is 0.429 e. The van der Waals surface area contributed by atoms with Crippen LogP contribution in [0.5, 0.6) is 0 Å². The molecule has 122 valence electrons. The smallest absolute Gasteiger partial charge is 0.301 e. The van der Waals surface area contributed by atoms with Crippen LogP contribution in [0, 0.1) is 19.8 Å². The van der Waals surface area contributed by atoms with Crippen LogP contribution in [0.2, 0.25) is 0 Å². The van der Waals surface area contributed by atoms with Crippen LogP contribution in [0.25, 0.3) is 0 Å². The van der Waals surface area contributed by atoms with E-state index < -0.39 is 5.92 Å². The molecule has 2 aromatic heterocycles. The van der Waals surface area contributed by atoms with Crippen LogP contribution in [-0.4, -0.2) is 38.5 Å². The molecule has 3 rings (SSSR count). The summed E-state index contributed by atoms with van der Waals surface area (Å²) in [6.45, 7) is 3.67. The van der Waals surface area contributed by atoms with Gasteiger partial charge in [0.05, 0.1) is 24.4 Å². The molecule has 0 unspecified atom stereocenters. The average Bonchev–Trinajstić information content (AvgIpc) is 3.13. The van der Waals surface area contributed by atoms with Crippen LogP contribution < -0.4 is 5.32 Å². The van der Waals surface area contributed by atoms with Crippen LogP contribution in [0.15, 0.2) is 16.8 Å². The van der Waals surface area contributed by atoms with Gasteiger partial charge in [-0.05, 0) is 13.8 Å². The SMILES string of the molecule is Cc1cnc(NC(=O)[C@H]2CC(=O)N(C)[C@@H]2c2cnn(C)c2C)o1. The molecule has 1 N–H and O–H groups in total. The van der Waals surface area contributed by atoms with Gasteiger partial charge in [-0.25, -0.2) is 4.98 Å². The lowest BCUT2D eigenvalue weighted by Gasteiger charge is -2.24. The number of aryl methyl sites for hydroxylation is 2. The number of likely N-dealkylation sites (tertiary alicyclic amines) is 1. The quantitative estimate of drug-likeness (QED) is 0.917. The van der Waals surface area contributed by atoms with Crippen molar-refractivity contribution in [2.24, 2.45) is 13.0 Å². The number of carbonyl (C=O) groups is 2. The van der Waals surface area contributed by atoms with Gasteiger partial charge in [0.1, 0.15) is 5.76 Å². The fourth-order valence-electron chi connectivity index (χ4n) is 2.95. The van der Waals surface area contributed by atoms with Crippen molar-refractivity contribution in [3.63, 3.8) is 0 Å². The topological polar surface area (TPSA) is 93.3 Å². The Labute approximate surface area is 133 Å². The van der Waals surface area contributed by atoms with Gasteiger partial charge in [0.15, 0.2) is 0 Å². The van der Waals surface area contributed by atoms with Crippen LogP contribution in [0.1, 0.15) is 29.5 Å². The van der Waals surface area contributed by atoms with Crippen LogP contribution in [-0.2, 0) is 16.6 Å². The number of nitrogens with zero attached hydrogens (tertiary/aromatic N) is 4. The number of carbonyl (C=O) groups excluding carboxylic acids is 2. The molecule has 3 heterocycles. The summed E-state index contributed by atoms with van der Waals surface area (Å²) in [5, 5.41) is 6.87. The fourth-order valence-corrected chi connectivity index (χ4v) is 2.95. The summed E-state index contributed by atoms with van der Waals surface area (Å²) in [7, 11) is 3.54. The zero-order valence-corrected chi connectivity index (χ0v) is 13.5. The number of anilines is 1. The molecule has 0 bridgehead atoms. The summed E-state index contributed by atoms with van der Waals surface area (Å²) in [4.78, 5) is 30.3. The third kappa shape index (κ3) is 2.60. The molecule has 2 amide bonds.